The van der Waals surface area contributed by atoms with Crippen molar-refractivity contribution >= 4 is 18.0 Å². The third-order valence-electron chi connectivity index (χ3n) is 3.69. The molecular formula is C18H15FN2O3. The number of benzene rings is 2. The van der Waals surface area contributed by atoms with Crippen LogP contribution in [0.3, 0.4) is 0 Å². The first-order chi connectivity index (χ1) is 11.6. The maximum absolute atomic E-state index is 13.7. The number of rotatable bonds is 4. The molecule has 24 heavy (non-hydrogen) atoms. The average molecular weight is 326 g/mol. The van der Waals surface area contributed by atoms with Crippen LogP contribution < -0.4 is 10.1 Å². The fourth-order valence-corrected chi connectivity index (χ4v) is 2.45. The molecule has 0 bridgehead atoms. The minimum atomic E-state index is -0.579. The van der Waals surface area contributed by atoms with Crippen molar-refractivity contribution in [1.82, 2.24) is 10.2 Å². The summed E-state index contributed by atoms with van der Waals surface area (Å²) >= 11 is 0. The number of hydrogen-bond donors (Lipinski definition) is 1. The molecule has 0 radical (unpaired) electrons. The number of amides is 3. The summed E-state index contributed by atoms with van der Waals surface area (Å²) in [6.07, 6.45) is 1.54. The maximum Gasteiger partial charge on any atom is 0.329 e. The lowest BCUT2D eigenvalue weighted by Crippen LogP contribution is -2.30. The Balaban J connectivity index is 1.86. The first kappa shape index (κ1) is 15.7. The molecule has 0 spiro atoms. The molecule has 3 rings (SSSR count). The lowest BCUT2D eigenvalue weighted by molar-refractivity contribution is -0.123. The number of methoxy groups -OCH3 is 1. The van der Waals surface area contributed by atoms with Gasteiger partial charge < -0.3 is 10.1 Å². The normalized spacial score (nSPS) is 15.8. The zero-order chi connectivity index (χ0) is 17.1. The fourth-order valence-electron chi connectivity index (χ4n) is 2.45. The highest BCUT2D eigenvalue weighted by molar-refractivity contribution is 6.14. The molecular weight excluding hydrogens is 311 g/mol. The van der Waals surface area contributed by atoms with E-state index >= 15 is 0 Å². The van der Waals surface area contributed by atoms with Crippen molar-refractivity contribution in [2.45, 2.75) is 6.54 Å². The number of nitrogens with one attached hydrogen (secondary N) is 1. The van der Waals surface area contributed by atoms with E-state index in [9.17, 15) is 14.0 Å². The molecule has 1 N–H and O–H groups in total. The summed E-state index contributed by atoms with van der Waals surface area (Å²) in [5.41, 5.74) is 1.07. The van der Waals surface area contributed by atoms with Gasteiger partial charge in [0.25, 0.3) is 5.91 Å². The molecule has 1 fully saturated rings. The second kappa shape index (κ2) is 6.54. The molecule has 0 saturated carbocycles. The van der Waals surface area contributed by atoms with E-state index in [0.717, 1.165) is 4.90 Å². The number of imide groups is 1. The number of halogens is 1. The average Bonchev–Trinajstić information content (AvgIpc) is 2.85. The Bertz CT molecular complexity index is 833. The summed E-state index contributed by atoms with van der Waals surface area (Å²) in [6.45, 7) is -0.124. The minimum absolute atomic E-state index is 0.124. The third kappa shape index (κ3) is 2.99. The van der Waals surface area contributed by atoms with Gasteiger partial charge in [-0.15, -0.1) is 0 Å². The molecule has 0 atom stereocenters. The Morgan fingerprint density at radius 2 is 1.83 bits per heavy atom. The van der Waals surface area contributed by atoms with Gasteiger partial charge >= 0.3 is 6.03 Å². The van der Waals surface area contributed by atoms with E-state index in [-0.39, 0.29) is 17.8 Å². The SMILES string of the molecule is COc1ccccc1/C=C1\NC(=O)N(Cc2ccccc2F)C1=O. The predicted octanol–water partition coefficient (Wildman–Crippen LogP) is 2.93. The van der Waals surface area contributed by atoms with Crippen LogP contribution in [-0.2, 0) is 11.3 Å². The number of carbonyl (C=O) groups is 2. The molecule has 0 aromatic heterocycles. The van der Waals surface area contributed by atoms with Gasteiger partial charge in [0.05, 0.1) is 13.7 Å². The number of urea groups is 1. The van der Waals surface area contributed by atoms with Crippen molar-refractivity contribution in [2.75, 3.05) is 7.11 Å². The van der Waals surface area contributed by atoms with Gasteiger partial charge in [-0.05, 0) is 18.2 Å². The summed E-state index contributed by atoms with van der Waals surface area (Å²) < 4.78 is 19.0. The molecule has 6 heteroatoms. The van der Waals surface area contributed by atoms with E-state index in [4.69, 9.17) is 4.74 Å². The first-order valence-corrected chi connectivity index (χ1v) is 7.31. The van der Waals surface area contributed by atoms with Crippen molar-refractivity contribution in [3.8, 4) is 5.75 Å². The molecule has 1 saturated heterocycles. The van der Waals surface area contributed by atoms with Gasteiger partial charge in [-0.3, -0.25) is 9.69 Å². The van der Waals surface area contributed by atoms with E-state index < -0.39 is 17.8 Å². The second-order valence-corrected chi connectivity index (χ2v) is 5.21. The largest absolute Gasteiger partial charge is 0.496 e. The second-order valence-electron chi connectivity index (χ2n) is 5.21. The molecule has 2 aromatic rings. The third-order valence-corrected chi connectivity index (χ3v) is 3.69. The van der Waals surface area contributed by atoms with Crippen molar-refractivity contribution in [1.29, 1.82) is 0 Å². The van der Waals surface area contributed by atoms with E-state index in [2.05, 4.69) is 5.32 Å². The van der Waals surface area contributed by atoms with Crippen LogP contribution in [0.15, 0.2) is 54.2 Å². The molecule has 1 aliphatic heterocycles. The van der Waals surface area contributed by atoms with Crippen molar-refractivity contribution in [2.24, 2.45) is 0 Å². The van der Waals surface area contributed by atoms with Gasteiger partial charge in [0.1, 0.15) is 17.3 Å². The highest BCUT2D eigenvalue weighted by atomic mass is 19.1. The molecule has 0 unspecified atom stereocenters. The Morgan fingerprint density at radius 1 is 1.12 bits per heavy atom. The first-order valence-electron chi connectivity index (χ1n) is 7.31. The van der Waals surface area contributed by atoms with Crippen LogP contribution in [-0.4, -0.2) is 23.9 Å². The highest BCUT2D eigenvalue weighted by Crippen LogP contribution is 2.23. The van der Waals surface area contributed by atoms with Gasteiger partial charge in [0, 0.05) is 11.1 Å². The quantitative estimate of drug-likeness (QED) is 0.694. The molecule has 5 nitrogen and oxygen atoms in total. The summed E-state index contributed by atoms with van der Waals surface area (Å²) in [6, 6.07) is 12.6. The van der Waals surface area contributed by atoms with Crippen LogP contribution >= 0.6 is 0 Å². The Kier molecular flexibility index (Phi) is 4.29. The van der Waals surface area contributed by atoms with Crippen LogP contribution in [0, 0.1) is 5.82 Å². The smallest absolute Gasteiger partial charge is 0.329 e. The van der Waals surface area contributed by atoms with Crippen LogP contribution in [0.1, 0.15) is 11.1 Å². The van der Waals surface area contributed by atoms with Gasteiger partial charge in [0.2, 0.25) is 0 Å². The van der Waals surface area contributed by atoms with E-state index in [0.29, 0.717) is 11.3 Å². The zero-order valence-corrected chi connectivity index (χ0v) is 13.0. The van der Waals surface area contributed by atoms with Gasteiger partial charge in [-0.25, -0.2) is 9.18 Å². The zero-order valence-electron chi connectivity index (χ0n) is 13.0. The van der Waals surface area contributed by atoms with Crippen molar-refractivity contribution in [3.63, 3.8) is 0 Å². The van der Waals surface area contributed by atoms with E-state index in [1.54, 1.807) is 42.5 Å². The summed E-state index contributed by atoms with van der Waals surface area (Å²) in [4.78, 5) is 25.5. The lowest BCUT2D eigenvalue weighted by Gasteiger charge is -2.12. The van der Waals surface area contributed by atoms with E-state index in [1.165, 1.54) is 19.2 Å². The van der Waals surface area contributed by atoms with Crippen LogP contribution in [0.4, 0.5) is 9.18 Å². The van der Waals surface area contributed by atoms with Crippen LogP contribution in [0.5, 0.6) is 5.75 Å². The number of nitrogens with zero attached hydrogens (tertiary/aromatic N) is 1. The molecule has 1 heterocycles. The lowest BCUT2D eigenvalue weighted by atomic mass is 10.1. The van der Waals surface area contributed by atoms with Gasteiger partial charge in [-0.2, -0.15) is 0 Å². The monoisotopic (exact) mass is 326 g/mol. The van der Waals surface area contributed by atoms with Crippen LogP contribution in [0.2, 0.25) is 0 Å². The molecule has 0 aliphatic carbocycles. The van der Waals surface area contributed by atoms with Crippen molar-refractivity contribution < 1.29 is 18.7 Å². The van der Waals surface area contributed by atoms with E-state index in [1.807, 2.05) is 0 Å². The number of carbonyl (C=O) groups excluding carboxylic acids is 2. The molecule has 3 amide bonds. The molecule has 2 aromatic carbocycles. The van der Waals surface area contributed by atoms with Crippen molar-refractivity contribution in [3.05, 3.63) is 71.2 Å². The minimum Gasteiger partial charge on any atom is -0.496 e. The van der Waals surface area contributed by atoms with Gasteiger partial charge in [-0.1, -0.05) is 36.4 Å². The molecule has 122 valence electrons. The molecule has 1 aliphatic rings. The number of para-hydroxylation sites is 1. The summed E-state index contributed by atoms with van der Waals surface area (Å²) in [5, 5.41) is 2.51. The highest BCUT2D eigenvalue weighted by Gasteiger charge is 2.34. The summed E-state index contributed by atoms with van der Waals surface area (Å²) in [5.74, 6) is -0.381. The fraction of sp³-hybridized carbons (Fsp3) is 0.111. The topological polar surface area (TPSA) is 58.6 Å². The van der Waals surface area contributed by atoms with Gasteiger partial charge in [0.15, 0.2) is 0 Å². The standard InChI is InChI=1S/C18H15FN2O3/c1-24-16-9-5-3-6-12(16)10-15-17(22)21(18(23)20-15)11-13-7-2-4-8-14(13)19/h2-10H,11H2,1H3,(H,20,23)/b15-10-. The maximum atomic E-state index is 13.7. The summed E-state index contributed by atoms with van der Waals surface area (Å²) in [7, 11) is 1.52. The number of hydrogen-bond acceptors (Lipinski definition) is 3. The Hall–Kier alpha value is -3.15. The predicted molar refractivity (Wildman–Crippen MR) is 86.5 cm³/mol. The van der Waals surface area contributed by atoms with Crippen LogP contribution in [0.25, 0.3) is 6.08 Å². The number of ether oxygens (including phenoxy) is 1. The Morgan fingerprint density at radius 3 is 2.58 bits per heavy atom. The Labute approximate surface area is 138 Å².